The monoisotopic (exact) mass is 317 g/mol. The summed E-state index contributed by atoms with van der Waals surface area (Å²) in [5.74, 6) is -0.227. The Morgan fingerprint density at radius 3 is 2.00 bits per heavy atom. The highest BCUT2D eigenvalue weighted by atomic mass is 16.2. The quantitative estimate of drug-likeness (QED) is 0.850. The van der Waals surface area contributed by atoms with Crippen LogP contribution < -0.4 is 5.32 Å². The average Bonchev–Trinajstić information content (AvgIpc) is 2.53. The predicted molar refractivity (Wildman–Crippen MR) is 87.2 cm³/mol. The summed E-state index contributed by atoms with van der Waals surface area (Å²) in [5.41, 5.74) is 0.781. The number of carbonyl (C=O) groups is 3. The van der Waals surface area contributed by atoms with E-state index >= 15 is 0 Å². The van der Waals surface area contributed by atoms with Crippen molar-refractivity contribution in [2.24, 2.45) is 0 Å². The Morgan fingerprint density at radius 2 is 1.52 bits per heavy atom. The number of benzene rings is 1. The molecule has 0 spiro atoms. The van der Waals surface area contributed by atoms with Crippen molar-refractivity contribution in [3.05, 3.63) is 35.4 Å². The zero-order valence-corrected chi connectivity index (χ0v) is 13.8. The van der Waals surface area contributed by atoms with E-state index in [1.165, 1.54) is 0 Å². The number of nitrogens with zero attached hydrogens (tertiary/aromatic N) is 2. The molecule has 2 rings (SSSR count). The van der Waals surface area contributed by atoms with Gasteiger partial charge in [-0.05, 0) is 45.0 Å². The lowest BCUT2D eigenvalue weighted by molar-refractivity contribution is -0.119. The van der Waals surface area contributed by atoms with Crippen LogP contribution in [0.25, 0.3) is 0 Å². The maximum Gasteiger partial charge on any atom is 0.253 e. The summed E-state index contributed by atoms with van der Waals surface area (Å²) in [6, 6.07) is 6.67. The van der Waals surface area contributed by atoms with Crippen LogP contribution in [0.2, 0.25) is 0 Å². The van der Waals surface area contributed by atoms with Gasteiger partial charge < -0.3 is 15.1 Å². The fourth-order valence-electron chi connectivity index (χ4n) is 2.39. The normalized spacial score (nSPS) is 15.3. The second kappa shape index (κ2) is 6.81. The van der Waals surface area contributed by atoms with Crippen LogP contribution in [0.4, 0.5) is 0 Å². The lowest BCUT2D eigenvalue weighted by atomic mass is 10.1. The predicted octanol–water partition coefficient (Wildman–Crippen LogP) is 1.13. The van der Waals surface area contributed by atoms with Crippen LogP contribution in [-0.4, -0.2) is 59.7 Å². The molecule has 1 aromatic carbocycles. The van der Waals surface area contributed by atoms with Crippen LogP contribution in [0.1, 0.15) is 41.5 Å². The summed E-state index contributed by atoms with van der Waals surface area (Å²) in [6.07, 6.45) is 0.810. The SMILES string of the molecule is CC(C)(C)NC(=O)c1ccc(C(=O)N2CCN(C=O)CC2)cc1. The molecule has 0 atom stereocenters. The second-order valence-electron chi connectivity index (χ2n) is 6.72. The van der Waals surface area contributed by atoms with E-state index in [2.05, 4.69) is 5.32 Å². The van der Waals surface area contributed by atoms with Crippen molar-refractivity contribution in [2.75, 3.05) is 26.2 Å². The van der Waals surface area contributed by atoms with Gasteiger partial charge in [0.05, 0.1) is 0 Å². The van der Waals surface area contributed by atoms with Crippen LogP contribution in [0.15, 0.2) is 24.3 Å². The zero-order valence-electron chi connectivity index (χ0n) is 13.8. The van der Waals surface area contributed by atoms with Gasteiger partial charge in [-0.1, -0.05) is 0 Å². The highest BCUT2D eigenvalue weighted by Gasteiger charge is 2.22. The van der Waals surface area contributed by atoms with Gasteiger partial charge in [-0.15, -0.1) is 0 Å². The van der Waals surface area contributed by atoms with Crippen molar-refractivity contribution in [1.82, 2.24) is 15.1 Å². The van der Waals surface area contributed by atoms with Crippen molar-refractivity contribution < 1.29 is 14.4 Å². The van der Waals surface area contributed by atoms with E-state index in [0.717, 1.165) is 6.41 Å². The molecular weight excluding hydrogens is 294 g/mol. The first-order chi connectivity index (χ1) is 10.8. The Bertz CT molecular complexity index is 582. The molecular formula is C17H23N3O3. The molecule has 0 radical (unpaired) electrons. The molecule has 6 heteroatoms. The summed E-state index contributed by atoms with van der Waals surface area (Å²) in [5, 5.41) is 2.89. The van der Waals surface area contributed by atoms with Gasteiger partial charge in [-0.2, -0.15) is 0 Å². The molecule has 124 valence electrons. The van der Waals surface area contributed by atoms with Gasteiger partial charge in [-0.25, -0.2) is 0 Å². The van der Waals surface area contributed by atoms with Crippen LogP contribution in [0.3, 0.4) is 0 Å². The Balaban J connectivity index is 2.00. The molecule has 1 N–H and O–H groups in total. The molecule has 23 heavy (non-hydrogen) atoms. The van der Waals surface area contributed by atoms with Crippen LogP contribution in [0, 0.1) is 0 Å². The van der Waals surface area contributed by atoms with E-state index in [4.69, 9.17) is 0 Å². The van der Waals surface area contributed by atoms with E-state index < -0.39 is 0 Å². The molecule has 1 aromatic rings. The van der Waals surface area contributed by atoms with E-state index in [1.807, 2.05) is 20.8 Å². The number of hydrogen-bond donors (Lipinski definition) is 1. The van der Waals surface area contributed by atoms with Gasteiger partial charge in [0, 0.05) is 42.8 Å². The molecule has 1 saturated heterocycles. The third kappa shape index (κ3) is 4.55. The fourth-order valence-corrected chi connectivity index (χ4v) is 2.39. The summed E-state index contributed by atoms with van der Waals surface area (Å²) in [4.78, 5) is 38.6. The number of nitrogens with one attached hydrogen (secondary N) is 1. The van der Waals surface area contributed by atoms with Crippen LogP contribution in [0.5, 0.6) is 0 Å². The highest BCUT2D eigenvalue weighted by Crippen LogP contribution is 2.11. The highest BCUT2D eigenvalue weighted by molar-refractivity contribution is 5.98. The number of amides is 3. The fraction of sp³-hybridized carbons (Fsp3) is 0.471. The number of piperazine rings is 1. The maximum absolute atomic E-state index is 12.4. The lowest BCUT2D eigenvalue weighted by Gasteiger charge is -2.32. The number of rotatable bonds is 3. The standard InChI is InChI=1S/C17H23N3O3/c1-17(2,3)18-15(22)13-4-6-14(7-5-13)16(23)20-10-8-19(12-21)9-11-20/h4-7,12H,8-11H2,1-3H3,(H,18,22). The van der Waals surface area contributed by atoms with Crippen molar-refractivity contribution in [3.63, 3.8) is 0 Å². The van der Waals surface area contributed by atoms with Gasteiger partial charge in [0.25, 0.3) is 11.8 Å². The third-order valence-electron chi connectivity index (χ3n) is 3.63. The van der Waals surface area contributed by atoms with E-state index in [0.29, 0.717) is 37.3 Å². The average molecular weight is 317 g/mol. The Hall–Kier alpha value is -2.37. The Labute approximate surface area is 136 Å². The van der Waals surface area contributed by atoms with Crippen molar-refractivity contribution in [3.8, 4) is 0 Å². The minimum Gasteiger partial charge on any atom is -0.347 e. The molecule has 0 saturated carbocycles. The second-order valence-corrected chi connectivity index (χ2v) is 6.72. The first kappa shape index (κ1) is 17.0. The first-order valence-electron chi connectivity index (χ1n) is 7.71. The molecule has 0 bridgehead atoms. The minimum atomic E-state index is -0.302. The zero-order chi connectivity index (χ0) is 17.0. The van der Waals surface area contributed by atoms with E-state index in [-0.39, 0.29) is 17.4 Å². The smallest absolute Gasteiger partial charge is 0.253 e. The molecule has 0 unspecified atom stereocenters. The van der Waals surface area contributed by atoms with E-state index in [9.17, 15) is 14.4 Å². The largest absolute Gasteiger partial charge is 0.347 e. The molecule has 1 fully saturated rings. The summed E-state index contributed by atoms with van der Waals surface area (Å²) in [6.45, 7) is 7.93. The first-order valence-corrected chi connectivity index (χ1v) is 7.71. The van der Waals surface area contributed by atoms with Crippen LogP contribution >= 0.6 is 0 Å². The Morgan fingerprint density at radius 1 is 1.00 bits per heavy atom. The van der Waals surface area contributed by atoms with Gasteiger partial charge >= 0.3 is 0 Å². The van der Waals surface area contributed by atoms with Gasteiger partial charge in [-0.3, -0.25) is 14.4 Å². The van der Waals surface area contributed by atoms with Crippen molar-refractivity contribution in [1.29, 1.82) is 0 Å². The third-order valence-corrected chi connectivity index (χ3v) is 3.63. The van der Waals surface area contributed by atoms with Crippen molar-refractivity contribution >= 4 is 18.2 Å². The molecule has 0 aromatic heterocycles. The number of carbonyl (C=O) groups excluding carboxylic acids is 3. The minimum absolute atomic E-state index is 0.0710. The van der Waals surface area contributed by atoms with Crippen molar-refractivity contribution in [2.45, 2.75) is 26.3 Å². The van der Waals surface area contributed by atoms with Gasteiger partial charge in [0.1, 0.15) is 0 Å². The molecule has 1 aliphatic rings. The lowest BCUT2D eigenvalue weighted by Crippen LogP contribution is -2.48. The summed E-state index contributed by atoms with van der Waals surface area (Å²) in [7, 11) is 0. The molecule has 1 aliphatic heterocycles. The van der Waals surface area contributed by atoms with Gasteiger partial charge in [0.2, 0.25) is 6.41 Å². The summed E-state index contributed by atoms with van der Waals surface area (Å²) >= 11 is 0. The Kier molecular flexibility index (Phi) is 5.03. The maximum atomic E-state index is 12.4. The van der Waals surface area contributed by atoms with E-state index in [1.54, 1.807) is 34.1 Å². The number of hydrogen-bond acceptors (Lipinski definition) is 3. The van der Waals surface area contributed by atoms with Gasteiger partial charge in [0.15, 0.2) is 0 Å². The topological polar surface area (TPSA) is 69.7 Å². The molecule has 1 heterocycles. The molecule has 6 nitrogen and oxygen atoms in total. The molecule has 3 amide bonds. The van der Waals surface area contributed by atoms with Crippen LogP contribution in [-0.2, 0) is 4.79 Å². The molecule has 0 aliphatic carbocycles. The summed E-state index contributed by atoms with van der Waals surface area (Å²) < 4.78 is 0.